The molecular formula is C19H30N2O8. The highest BCUT2D eigenvalue weighted by Crippen LogP contribution is 2.23. The molecule has 2 amide bonds. The second-order valence-electron chi connectivity index (χ2n) is 8.58. The minimum absolute atomic E-state index is 0.192. The molecule has 0 radical (unpaired) electrons. The number of Topliss-reactive ketones (excluding diaryl/α,β-unsaturated/α-hetero) is 1. The van der Waals surface area contributed by atoms with Gasteiger partial charge in [0, 0.05) is 6.54 Å². The van der Waals surface area contributed by atoms with Crippen molar-refractivity contribution in [3.8, 4) is 0 Å². The summed E-state index contributed by atoms with van der Waals surface area (Å²) in [4.78, 5) is 60.9. The molecule has 0 aliphatic carbocycles. The van der Waals surface area contributed by atoms with Crippen molar-refractivity contribution >= 4 is 29.7 Å². The standard InChI is InChI=1S/C19H30N2O8/c1-18(2,3)29-17(27)20-10-13(22)28-11-19(4,5)14(23)15(24)21-9-7-6-8-12(21)16(25)26/h12H,6-11H2,1-5H3,(H,20,27)(H,25,26)/t12-/m0/s1. The molecule has 1 aliphatic heterocycles. The quantitative estimate of drug-likeness (QED) is 0.466. The second kappa shape index (κ2) is 9.71. The number of ether oxygens (including phenoxy) is 2. The van der Waals surface area contributed by atoms with Crippen molar-refractivity contribution in [2.45, 2.75) is 65.5 Å². The first-order valence-electron chi connectivity index (χ1n) is 9.45. The molecule has 1 saturated heterocycles. The monoisotopic (exact) mass is 414 g/mol. The Morgan fingerprint density at radius 3 is 2.24 bits per heavy atom. The fourth-order valence-electron chi connectivity index (χ4n) is 2.69. The van der Waals surface area contributed by atoms with Crippen LogP contribution in [0.15, 0.2) is 0 Å². The van der Waals surface area contributed by atoms with E-state index in [4.69, 9.17) is 9.47 Å². The molecule has 10 nitrogen and oxygen atoms in total. The number of carboxylic acid groups (broad SMARTS) is 1. The topological polar surface area (TPSA) is 139 Å². The van der Waals surface area contributed by atoms with Crippen LogP contribution in [0, 0.1) is 5.41 Å². The van der Waals surface area contributed by atoms with Gasteiger partial charge in [0.05, 0.1) is 5.41 Å². The summed E-state index contributed by atoms with van der Waals surface area (Å²) in [5.41, 5.74) is -2.07. The largest absolute Gasteiger partial charge is 0.480 e. The van der Waals surface area contributed by atoms with Crippen LogP contribution in [0.5, 0.6) is 0 Å². The summed E-state index contributed by atoms with van der Waals surface area (Å²) in [6.45, 7) is 7.23. The summed E-state index contributed by atoms with van der Waals surface area (Å²) >= 11 is 0. The zero-order chi connectivity index (χ0) is 22.4. The van der Waals surface area contributed by atoms with Crippen LogP contribution in [0.25, 0.3) is 0 Å². The summed E-state index contributed by atoms with van der Waals surface area (Å²) in [5, 5.41) is 11.5. The lowest BCUT2D eigenvalue weighted by Crippen LogP contribution is -2.53. The number of piperidine rings is 1. The number of carbonyl (C=O) groups excluding carboxylic acids is 4. The van der Waals surface area contributed by atoms with Gasteiger partial charge in [0.2, 0.25) is 5.78 Å². The normalized spacial score (nSPS) is 17.3. The van der Waals surface area contributed by atoms with Gasteiger partial charge in [0.1, 0.15) is 24.8 Å². The van der Waals surface area contributed by atoms with Gasteiger partial charge in [-0.15, -0.1) is 0 Å². The molecule has 0 bridgehead atoms. The smallest absolute Gasteiger partial charge is 0.408 e. The molecule has 0 unspecified atom stereocenters. The fraction of sp³-hybridized carbons (Fsp3) is 0.737. The van der Waals surface area contributed by atoms with Crippen LogP contribution in [-0.4, -0.2) is 71.1 Å². The number of carbonyl (C=O) groups is 5. The Kier molecular flexibility index (Phi) is 8.16. The molecule has 1 aliphatic rings. The first kappa shape index (κ1) is 24.4. The lowest BCUT2D eigenvalue weighted by Gasteiger charge is -2.34. The molecule has 1 atom stereocenters. The van der Waals surface area contributed by atoms with Crippen molar-refractivity contribution in [2.24, 2.45) is 5.41 Å². The van der Waals surface area contributed by atoms with Gasteiger partial charge >= 0.3 is 18.0 Å². The Labute approximate surface area is 169 Å². The Bertz CT molecular complexity index is 666. The molecule has 0 saturated carbocycles. The molecular weight excluding hydrogens is 384 g/mol. The SMILES string of the molecule is CC(C)(C)OC(=O)NCC(=O)OCC(C)(C)C(=O)C(=O)N1CCCC[C@H]1C(=O)O. The number of amides is 2. The van der Waals surface area contributed by atoms with E-state index in [0.717, 1.165) is 4.90 Å². The third-order valence-electron chi connectivity index (χ3n) is 4.23. The van der Waals surface area contributed by atoms with E-state index >= 15 is 0 Å². The summed E-state index contributed by atoms with van der Waals surface area (Å²) < 4.78 is 9.99. The molecule has 1 heterocycles. The van der Waals surface area contributed by atoms with E-state index in [1.807, 2.05) is 0 Å². The zero-order valence-corrected chi connectivity index (χ0v) is 17.6. The maximum Gasteiger partial charge on any atom is 0.408 e. The molecule has 0 aromatic heterocycles. The summed E-state index contributed by atoms with van der Waals surface area (Å²) in [6.07, 6.45) is 0.791. The number of esters is 1. The highest BCUT2D eigenvalue weighted by Gasteiger charge is 2.41. The van der Waals surface area contributed by atoms with E-state index in [0.29, 0.717) is 19.3 Å². The van der Waals surface area contributed by atoms with Gasteiger partial charge < -0.3 is 24.8 Å². The first-order valence-corrected chi connectivity index (χ1v) is 9.45. The number of rotatable bonds is 7. The van der Waals surface area contributed by atoms with Gasteiger partial charge in [-0.1, -0.05) is 0 Å². The average molecular weight is 414 g/mol. The predicted octanol–water partition coefficient (Wildman–Crippen LogP) is 1.12. The van der Waals surface area contributed by atoms with Gasteiger partial charge in [0.15, 0.2) is 0 Å². The van der Waals surface area contributed by atoms with Crippen molar-refractivity contribution in [1.29, 1.82) is 0 Å². The van der Waals surface area contributed by atoms with E-state index in [2.05, 4.69) is 5.32 Å². The molecule has 1 rings (SSSR count). The third-order valence-corrected chi connectivity index (χ3v) is 4.23. The van der Waals surface area contributed by atoms with Crippen LogP contribution in [0.2, 0.25) is 0 Å². The van der Waals surface area contributed by atoms with Crippen LogP contribution in [0.3, 0.4) is 0 Å². The van der Waals surface area contributed by atoms with E-state index in [1.165, 1.54) is 13.8 Å². The van der Waals surface area contributed by atoms with Gasteiger partial charge in [0.25, 0.3) is 5.91 Å². The van der Waals surface area contributed by atoms with Crippen LogP contribution in [-0.2, 0) is 28.7 Å². The molecule has 29 heavy (non-hydrogen) atoms. The van der Waals surface area contributed by atoms with Crippen LogP contribution in [0.4, 0.5) is 4.79 Å². The Morgan fingerprint density at radius 2 is 1.69 bits per heavy atom. The van der Waals surface area contributed by atoms with Gasteiger partial charge in [-0.25, -0.2) is 9.59 Å². The van der Waals surface area contributed by atoms with Gasteiger partial charge in [-0.05, 0) is 53.9 Å². The highest BCUT2D eigenvalue weighted by molar-refractivity contribution is 6.38. The lowest BCUT2D eigenvalue weighted by molar-refractivity contribution is -0.160. The maximum atomic E-state index is 12.6. The Morgan fingerprint density at radius 1 is 1.07 bits per heavy atom. The van der Waals surface area contributed by atoms with Crippen LogP contribution >= 0.6 is 0 Å². The van der Waals surface area contributed by atoms with E-state index in [9.17, 15) is 29.1 Å². The maximum absolute atomic E-state index is 12.6. The number of likely N-dealkylation sites (tertiary alicyclic amines) is 1. The second-order valence-corrected chi connectivity index (χ2v) is 8.58. The minimum atomic E-state index is -1.35. The van der Waals surface area contributed by atoms with Gasteiger partial charge in [-0.2, -0.15) is 0 Å². The molecule has 2 N–H and O–H groups in total. The zero-order valence-electron chi connectivity index (χ0n) is 17.6. The number of hydrogen-bond acceptors (Lipinski definition) is 7. The summed E-state index contributed by atoms with van der Waals surface area (Å²) in [6, 6.07) is -1.03. The number of carboxylic acids is 1. The number of alkyl carbamates (subject to hydrolysis) is 1. The number of ketones is 1. The minimum Gasteiger partial charge on any atom is -0.480 e. The Balaban J connectivity index is 2.59. The lowest BCUT2D eigenvalue weighted by atomic mass is 9.87. The first-order chi connectivity index (χ1) is 13.2. The molecule has 10 heteroatoms. The average Bonchev–Trinajstić information content (AvgIpc) is 2.62. The van der Waals surface area contributed by atoms with Crippen molar-refractivity contribution < 1.29 is 38.6 Å². The van der Waals surface area contributed by atoms with E-state index < -0.39 is 59.9 Å². The van der Waals surface area contributed by atoms with Gasteiger partial charge in [-0.3, -0.25) is 14.4 Å². The predicted molar refractivity (Wildman–Crippen MR) is 101 cm³/mol. The number of nitrogens with zero attached hydrogens (tertiary/aromatic N) is 1. The summed E-state index contributed by atoms with van der Waals surface area (Å²) in [5.74, 6) is -3.68. The molecule has 0 aromatic carbocycles. The third kappa shape index (κ3) is 7.71. The highest BCUT2D eigenvalue weighted by atomic mass is 16.6. The molecule has 164 valence electrons. The Hall–Kier alpha value is -2.65. The van der Waals surface area contributed by atoms with Crippen molar-refractivity contribution in [3.05, 3.63) is 0 Å². The summed E-state index contributed by atoms with van der Waals surface area (Å²) in [7, 11) is 0. The van der Waals surface area contributed by atoms with Crippen LogP contribution < -0.4 is 5.32 Å². The van der Waals surface area contributed by atoms with Crippen molar-refractivity contribution in [3.63, 3.8) is 0 Å². The van der Waals surface area contributed by atoms with E-state index in [-0.39, 0.29) is 6.54 Å². The van der Waals surface area contributed by atoms with Crippen LogP contribution in [0.1, 0.15) is 53.9 Å². The van der Waals surface area contributed by atoms with Crippen molar-refractivity contribution in [1.82, 2.24) is 10.2 Å². The molecule has 0 spiro atoms. The van der Waals surface area contributed by atoms with E-state index in [1.54, 1.807) is 20.8 Å². The molecule has 0 aromatic rings. The fourth-order valence-corrected chi connectivity index (χ4v) is 2.69. The number of hydrogen-bond donors (Lipinski definition) is 2. The number of nitrogens with one attached hydrogen (secondary N) is 1. The number of aliphatic carboxylic acids is 1. The molecule has 1 fully saturated rings. The van der Waals surface area contributed by atoms with Crippen molar-refractivity contribution in [2.75, 3.05) is 19.7 Å².